The highest BCUT2D eigenvalue weighted by molar-refractivity contribution is 7.09. The predicted octanol–water partition coefficient (Wildman–Crippen LogP) is 2.43. The number of hydrogen-bond donors (Lipinski definition) is 2. The summed E-state index contributed by atoms with van der Waals surface area (Å²) >= 11 is 1.73. The molecule has 1 saturated heterocycles. The molecule has 6 heteroatoms. The lowest BCUT2D eigenvalue weighted by atomic mass is 9.90. The van der Waals surface area contributed by atoms with Gasteiger partial charge in [0.1, 0.15) is 0 Å². The molecular weight excluding hydrogens is 288 g/mol. The normalized spacial score (nSPS) is 23.0. The zero-order valence-corrected chi connectivity index (χ0v) is 13.3. The quantitative estimate of drug-likeness (QED) is 0.877. The summed E-state index contributed by atoms with van der Waals surface area (Å²) in [6, 6.07) is 3.97. The zero-order chi connectivity index (χ0) is 15.5. The summed E-state index contributed by atoms with van der Waals surface area (Å²) in [4.78, 5) is 26.2. The Bertz CT molecular complexity index is 503. The molecule has 1 fully saturated rings. The smallest absolute Gasteiger partial charge is 0.317 e. The van der Waals surface area contributed by atoms with E-state index in [1.807, 2.05) is 6.07 Å². The summed E-state index contributed by atoms with van der Waals surface area (Å²) in [6.45, 7) is 5.20. The molecule has 0 radical (unpaired) electrons. The van der Waals surface area contributed by atoms with E-state index in [1.54, 1.807) is 23.2 Å². The van der Waals surface area contributed by atoms with Crippen molar-refractivity contribution < 1.29 is 14.7 Å². The van der Waals surface area contributed by atoms with Crippen molar-refractivity contribution in [1.82, 2.24) is 10.2 Å². The highest BCUT2D eigenvalue weighted by Gasteiger charge is 2.42. The number of urea groups is 1. The summed E-state index contributed by atoms with van der Waals surface area (Å²) in [5, 5.41) is 14.1. The van der Waals surface area contributed by atoms with Gasteiger partial charge >= 0.3 is 12.0 Å². The Morgan fingerprint density at radius 2 is 2.33 bits per heavy atom. The van der Waals surface area contributed by atoms with Gasteiger partial charge in [-0.25, -0.2) is 4.79 Å². The van der Waals surface area contributed by atoms with Crippen LogP contribution in [0.1, 0.15) is 25.1 Å². The van der Waals surface area contributed by atoms with E-state index in [-0.39, 0.29) is 12.6 Å². The van der Waals surface area contributed by atoms with Crippen molar-refractivity contribution in [1.29, 1.82) is 0 Å². The van der Waals surface area contributed by atoms with Crippen LogP contribution in [0, 0.1) is 11.3 Å². The largest absolute Gasteiger partial charge is 0.481 e. The van der Waals surface area contributed by atoms with Crippen LogP contribution in [-0.2, 0) is 11.2 Å². The first-order chi connectivity index (χ1) is 9.90. The second-order valence-corrected chi connectivity index (χ2v) is 7.14. The molecule has 116 valence electrons. The number of amides is 2. The standard InChI is InChI=1S/C15H22N2O3S/c1-11(8-12-4-3-7-21-12)9-16-14(20)17-6-5-15(2,10-17)13(18)19/h3-4,7,11H,5-6,8-10H2,1-2H3,(H,16,20)(H,18,19). The fourth-order valence-electron chi connectivity index (χ4n) is 2.53. The fourth-order valence-corrected chi connectivity index (χ4v) is 3.40. The molecule has 2 heterocycles. The molecule has 2 N–H and O–H groups in total. The summed E-state index contributed by atoms with van der Waals surface area (Å²) in [6.07, 6.45) is 1.46. The van der Waals surface area contributed by atoms with Gasteiger partial charge in [0.15, 0.2) is 0 Å². The molecule has 21 heavy (non-hydrogen) atoms. The van der Waals surface area contributed by atoms with Gasteiger partial charge in [0.25, 0.3) is 0 Å². The number of carboxylic acid groups (broad SMARTS) is 1. The van der Waals surface area contributed by atoms with Crippen LogP contribution in [0.5, 0.6) is 0 Å². The van der Waals surface area contributed by atoms with Gasteiger partial charge in [-0.05, 0) is 37.1 Å². The number of nitrogens with zero attached hydrogens (tertiary/aromatic N) is 1. The first-order valence-corrected chi connectivity index (χ1v) is 8.07. The van der Waals surface area contributed by atoms with Crippen LogP contribution in [0.2, 0.25) is 0 Å². The third-order valence-corrected chi connectivity index (χ3v) is 4.91. The number of carbonyl (C=O) groups excluding carboxylic acids is 1. The van der Waals surface area contributed by atoms with Crippen LogP contribution in [0.3, 0.4) is 0 Å². The fraction of sp³-hybridized carbons (Fsp3) is 0.600. The molecule has 1 aliphatic rings. The first kappa shape index (κ1) is 15.8. The van der Waals surface area contributed by atoms with E-state index in [0.717, 1.165) is 6.42 Å². The monoisotopic (exact) mass is 310 g/mol. The number of rotatable bonds is 5. The minimum absolute atomic E-state index is 0.155. The molecule has 1 aromatic heterocycles. The van der Waals surface area contributed by atoms with Crippen molar-refractivity contribution in [2.45, 2.75) is 26.7 Å². The second kappa shape index (κ2) is 6.47. The molecule has 2 unspecified atom stereocenters. The maximum Gasteiger partial charge on any atom is 0.317 e. The topological polar surface area (TPSA) is 69.6 Å². The Morgan fingerprint density at radius 3 is 2.90 bits per heavy atom. The molecule has 0 spiro atoms. The van der Waals surface area contributed by atoms with Gasteiger partial charge in [0.05, 0.1) is 5.41 Å². The number of hydrogen-bond acceptors (Lipinski definition) is 3. The van der Waals surface area contributed by atoms with Gasteiger partial charge < -0.3 is 15.3 Å². The molecule has 2 rings (SSSR count). The van der Waals surface area contributed by atoms with Crippen molar-refractivity contribution >= 4 is 23.3 Å². The van der Waals surface area contributed by atoms with Gasteiger partial charge in [-0.15, -0.1) is 11.3 Å². The summed E-state index contributed by atoms with van der Waals surface area (Å²) in [5.41, 5.74) is -0.806. The van der Waals surface area contributed by atoms with Gasteiger partial charge in [0.2, 0.25) is 0 Å². The van der Waals surface area contributed by atoms with E-state index in [1.165, 1.54) is 4.88 Å². The number of aliphatic carboxylic acids is 1. The third kappa shape index (κ3) is 3.97. The predicted molar refractivity (Wildman–Crippen MR) is 82.5 cm³/mol. The van der Waals surface area contributed by atoms with E-state index >= 15 is 0 Å². The van der Waals surface area contributed by atoms with Gasteiger partial charge in [-0.3, -0.25) is 4.79 Å². The van der Waals surface area contributed by atoms with Crippen LogP contribution < -0.4 is 5.32 Å². The number of likely N-dealkylation sites (tertiary alicyclic amines) is 1. The molecule has 1 aromatic rings. The van der Waals surface area contributed by atoms with E-state index in [9.17, 15) is 14.7 Å². The van der Waals surface area contributed by atoms with Crippen LogP contribution in [0.4, 0.5) is 4.79 Å². The SMILES string of the molecule is CC(CNC(=O)N1CCC(C)(C(=O)O)C1)Cc1cccs1. The molecule has 2 amide bonds. The zero-order valence-electron chi connectivity index (χ0n) is 12.5. The maximum absolute atomic E-state index is 12.1. The second-order valence-electron chi connectivity index (χ2n) is 6.11. The van der Waals surface area contributed by atoms with Crippen LogP contribution >= 0.6 is 11.3 Å². The third-order valence-electron chi connectivity index (χ3n) is 4.01. The molecule has 0 bridgehead atoms. The number of nitrogens with one attached hydrogen (secondary N) is 1. The van der Waals surface area contributed by atoms with Crippen molar-refractivity contribution in [3.05, 3.63) is 22.4 Å². The minimum Gasteiger partial charge on any atom is -0.481 e. The summed E-state index contributed by atoms with van der Waals surface area (Å²) < 4.78 is 0. The van der Waals surface area contributed by atoms with Crippen LogP contribution in [0.15, 0.2) is 17.5 Å². The number of carboxylic acids is 1. The molecule has 0 aliphatic carbocycles. The van der Waals surface area contributed by atoms with Crippen LogP contribution in [-0.4, -0.2) is 41.6 Å². The van der Waals surface area contributed by atoms with E-state index in [0.29, 0.717) is 25.4 Å². The Morgan fingerprint density at radius 1 is 1.57 bits per heavy atom. The highest BCUT2D eigenvalue weighted by atomic mass is 32.1. The molecule has 2 atom stereocenters. The summed E-state index contributed by atoms with van der Waals surface area (Å²) in [7, 11) is 0. The Labute approximate surface area is 129 Å². The van der Waals surface area contributed by atoms with Gasteiger partial charge in [-0.1, -0.05) is 13.0 Å². The minimum atomic E-state index is -0.830. The molecular formula is C15H22N2O3S. The molecule has 5 nitrogen and oxygen atoms in total. The Hall–Kier alpha value is -1.56. The van der Waals surface area contributed by atoms with Gasteiger partial charge in [-0.2, -0.15) is 0 Å². The van der Waals surface area contributed by atoms with E-state index in [4.69, 9.17) is 0 Å². The van der Waals surface area contributed by atoms with E-state index in [2.05, 4.69) is 23.7 Å². The van der Waals surface area contributed by atoms with E-state index < -0.39 is 11.4 Å². The molecule has 0 aromatic carbocycles. The highest BCUT2D eigenvalue weighted by Crippen LogP contribution is 2.29. The van der Waals surface area contributed by atoms with Crippen LogP contribution in [0.25, 0.3) is 0 Å². The maximum atomic E-state index is 12.1. The average molecular weight is 310 g/mol. The first-order valence-electron chi connectivity index (χ1n) is 7.19. The average Bonchev–Trinajstić information content (AvgIpc) is 3.06. The Kier molecular flexibility index (Phi) is 4.88. The van der Waals surface area contributed by atoms with Crippen molar-refractivity contribution in [3.8, 4) is 0 Å². The number of carbonyl (C=O) groups is 2. The Balaban J connectivity index is 1.76. The lowest BCUT2D eigenvalue weighted by Crippen LogP contribution is -2.42. The van der Waals surface area contributed by atoms with Gasteiger partial charge in [0, 0.05) is 24.5 Å². The molecule has 0 saturated carbocycles. The lowest BCUT2D eigenvalue weighted by molar-refractivity contribution is -0.146. The lowest BCUT2D eigenvalue weighted by Gasteiger charge is -2.21. The van der Waals surface area contributed by atoms with Crippen molar-refractivity contribution in [3.63, 3.8) is 0 Å². The van der Waals surface area contributed by atoms with Crippen molar-refractivity contribution in [2.75, 3.05) is 19.6 Å². The molecule has 1 aliphatic heterocycles. The summed E-state index contributed by atoms with van der Waals surface area (Å²) in [5.74, 6) is -0.468. The number of thiophene rings is 1. The van der Waals surface area contributed by atoms with Crippen molar-refractivity contribution in [2.24, 2.45) is 11.3 Å².